The number of benzene rings is 1. The second-order valence-corrected chi connectivity index (χ2v) is 5.47. The van der Waals surface area contributed by atoms with Crippen molar-refractivity contribution in [1.29, 1.82) is 0 Å². The van der Waals surface area contributed by atoms with Crippen molar-refractivity contribution in [2.75, 3.05) is 25.5 Å². The van der Waals surface area contributed by atoms with Gasteiger partial charge in [-0.25, -0.2) is 9.97 Å². The maximum Gasteiger partial charge on any atom is 0.433 e. The van der Waals surface area contributed by atoms with Crippen LogP contribution >= 0.6 is 24.0 Å². The van der Waals surface area contributed by atoms with Crippen molar-refractivity contribution in [3.05, 3.63) is 53.3 Å². The van der Waals surface area contributed by atoms with E-state index in [1.165, 1.54) is 5.56 Å². The zero-order valence-electron chi connectivity index (χ0n) is 15.0. The number of nitrogens with zero attached hydrogens (tertiary/aromatic N) is 3. The van der Waals surface area contributed by atoms with Crippen LogP contribution in [0.25, 0.3) is 0 Å². The summed E-state index contributed by atoms with van der Waals surface area (Å²) in [6.07, 6.45) is -3.41. The summed E-state index contributed by atoms with van der Waals surface area (Å²) < 4.78 is 37.8. The Balaban J connectivity index is 0.00000364. The molecule has 27 heavy (non-hydrogen) atoms. The maximum absolute atomic E-state index is 12.6. The average molecular weight is 494 g/mol. The molecule has 0 amide bonds. The van der Waals surface area contributed by atoms with Gasteiger partial charge in [0.25, 0.3) is 0 Å². The number of anilines is 1. The van der Waals surface area contributed by atoms with Crippen LogP contribution in [0.2, 0.25) is 0 Å². The Hall–Kier alpha value is -2.11. The molecule has 6 nitrogen and oxygen atoms in total. The van der Waals surface area contributed by atoms with Crippen LogP contribution in [-0.4, -0.2) is 36.1 Å². The molecule has 0 atom stereocenters. The van der Waals surface area contributed by atoms with Crippen molar-refractivity contribution in [3.63, 3.8) is 0 Å². The first kappa shape index (κ1) is 22.9. The number of aromatic nitrogens is 2. The number of guanidine groups is 1. The first-order chi connectivity index (χ1) is 12.4. The van der Waals surface area contributed by atoms with Crippen molar-refractivity contribution in [3.8, 4) is 0 Å². The molecule has 0 saturated carbocycles. The van der Waals surface area contributed by atoms with Crippen molar-refractivity contribution < 1.29 is 13.2 Å². The number of nitrogens with one attached hydrogen (secondary N) is 3. The monoisotopic (exact) mass is 494 g/mol. The Morgan fingerprint density at radius 1 is 1.11 bits per heavy atom. The van der Waals surface area contributed by atoms with Gasteiger partial charge in [0.05, 0.1) is 0 Å². The summed E-state index contributed by atoms with van der Waals surface area (Å²) >= 11 is 0. The summed E-state index contributed by atoms with van der Waals surface area (Å²) in [6.45, 7) is 3.43. The number of halogens is 4. The molecule has 3 N–H and O–H groups in total. The highest BCUT2D eigenvalue weighted by Gasteiger charge is 2.32. The van der Waals surface area contributed by atoms with E-state index < -0.39 is 11.9 Å². The third-order valence-electron chi connectivity index (χ3n) is 3.58. The molecule has 1 aromatic heterocycles. The summed E-state index contributed by atoms with van der Waals surface area (Å²) in [4.78, 5) is 11.3. The highest BCUT2D eigenvalue weighted by Crippen LogP contribution is 2.27. The summed E-state index contributed by atoms with van der Waals surface area (Å²) in [5.41, 5.74) is 1.36. The Labute approximate surface area is 173 Å². The lowest BCUT2D eigenvalue weighted by Gasteiger charge is -2.13. The highest BCUT2D eigenvalue weighted by molar-refractivity contribution is 14.0. The predicted molar refractivity (Wildman–Crippen MR) is 110 cm³/mol. The fourth-order valence-corrected chi connectivity index (χ4v) is 2.16. The quantitative estimate of drug-likeness (QED) is 0.249. The van der Waals surface area contributed by atoms with Gasteiger partial charge in [-0.05, 0) is 24.1 Å². The lowest BCUT2D eigenvalue weighted by molar-refractivity contribution is -0.141. The Bertz CT molecular complexity index is 751. The number of aliphatic imine (C=N–C) groups is 1. The largest absolute Gasteiger partial charge is 0.433 e. The van der Waals surface area contributed by atoms with Gasteiger partial charge in [0, 0.05) is 32.9 Å². The van der Waals surface area contributed by atoms with Crippen LogP contribution in [0, 0.1) is 6.92 Å². The van der Waals surface area contributed by atoms with Crippen LogP contribution in [0.1, 0.15) is 16.8 Å². The summed E-state index contributed by atoms with van der Waals surface area (Å²) in [5, 5.41) is 9.01. The minimum Gasteiger partial charge on any atom is -0.355 e. The SMILES string of the molecule is CN=C(NCCNc1nccc(C(F)(F)F)n1)NCc1ccccc1C.I. The zero-order chi connectivity index (χ0) is 19.0. The summed E-state index contributed by atoms with van der Waals surface area (Å²) in [7, 11) is 1.65. The number of hydrogen-bond acceptors (Lipinski definition) is 4. The fourth-order valence-electron chi connectivity index (χ4n) is 2.16. The molecule has 10 heteroatoms. The molecule has 0 unspecified atom stereocenters. The van der Waals surface area contributed by atoms with E-state index in [1.54, 1.807) is 7.05 Å². The molecule has 0 bridgehead atoms. The molecule has 0 radical (unpaired) electrons. The van der Waals surface area contributed by atoms with Crippen molar-refractivity contribution in [2.24, 2.45) is 4.99 Å². The molecule has 0 saturated heterocycles. The van der Waals surface area contributed by atoms with Crippen LogP contribution < -0.4 is 16.0 Å². The predicted octanol–water partition coefficient (Wildman–Crippen LogP) is 3.20. The van der Waals surface area contributed by atoms with E-state index >= 15 is 0 Å². The first-order valence-electron chi connectivity index (χ1n) is 8.03. The molecule has 2 rings (SSSR count). The van der Waals surface area contributed by atoms with Gasteiger partial charge in [0.15, 0.2) is 5.96 Å². The minimum atomic E-state index is -4.49. The number of hydrogen-bond donors (Lipinski definition) is 3. The van der Waals surface area contributed by atoms with Crippen LogP contribution in [0.3, 0.4) is 0 Å². The number of aryl methyl sites for hydroxylation is 1. The van der Waals surface area contributed by atoms with E-state index in [-0.39, 0.29) is 29.9 Å². The molecule has 0 aliphatic carbocycles. The van der Waals surface area contributed by atoms with Crippen molar-refractivity contribution >= 4 is 35.9 Å². The molecule has 0 aliphatic heterocycles. The van der Waals surface area contributed by atoms with Gasteiger partial charge in [-0.1, -0.05) is 24.3 Å². The third-order valence-corrected chi connectivity index (χ3v) is 3.58. The average Bonchev–Trinajstić information content (AvgIpc) is 2.62. The standard InChI is InChI=1S/C17H21F3N6.HI/c1-12-5-3-4-6-13(12)11-25-15(21-2)23-9-10-24-16-22-8-7-14(26-16)17(18,19)20;/h3-8H,9-11H2,1-2H3,(H2,21,23,25)(H,22,24,26);1H. The van der Waals surface area contributed by atoms with Gasteiger partial charge in [0.2, 0.25) is 5.95 Å². The highest BCUT2D eigenvalue weighted by atomic mass is 127. The molecule has 1 heterocycles. The van der Waals surface area contributed by atoms with Gasteiger partial charge >= 0.3 is 6.18 Å². The molecule has 2 aromatic rings. The molecule has 0 aliphatic rings. The first-order valence-corrected chi connectivity index (χ1v) is 8.03. The zero-order valence-corrected chi connectivity index (χ0v) is 17.3. The lowest BCUT2D eigenvalue weighted by atomic mass is 10.1. The molecule has 1 aromatic carbocycles. The van der Waals surface area contributed by atoms with E-state index in [4.69, 9.17) is 0 Å². The Kier molecular flexibility index (Phi) is 9.26. The van der Waals surface area contributed by atoms with Crippen LogP contribution in [0.15, 0.2) is 41.5 Å². The van der Waals surface area contributed by atoms with E-state index in [9.17, 15) is 13.2 Å². The normalized spacial score (nSPS) is 11.5. The number of alkyl halides is 3. The van der Waals surface area contributed by atoms with E-state index in [0.717, 1.165) is 17.8 Å². The lowest BCUT2D eigenvalue weighted by Crippen LogP contribution is -2.39. The van der Waals surface area contributed by atoms with Gasteiger partial charge < -0.3 is 16.0 Å². The Morgan fingerprint density at radius 2 is 1.85 bits per heavy atom. The van der Waals surface area contributed by atoms with Gasteiger partial charge in [-0.3, -0.25) is 4.99 Å². The second-order valence-electron chi connectivity index (χ2n) is 5.47. The van der Waals surface area contributed by atoms with Crippen molar-refractivity contribution in [1.82, 2.24) is 20.6 Å². The fraction of sp³-hybridized carbons (Fsp3) is 0.353. The van der Waals surface area contributed by atoms with Gasteiger partial charge in [-0.15, -0.1) is 24.0 Å². The van der Waals surface area contributed by atoms with Gasteiger partial charge in [0.1, 0.15) is 5.69 Å². The van der Waals surface area contributed by atoms with E-state index in [1.807, 2.05) is 31.2 Å². The summed E-state index contributed by atoms with van der Waals surface area (Å²) in [5.74, 6) is 0.532. The number of rotatable bonds is 6. The summed E-state index contributed by atoms with van der Waals surface area (Å²) in [6, 6.07) is 8.85. The topological polar surface area (TPSA) is 74.2 Å². The molecule has 148 valence electrons. The maximum atomic E-state index is 12.6. The van der Waals surface area contributed by atoms with Crippen LogP contribution in [0.5, 0.6) is 0 Å². The van der Waals surface area contributed by atoms with E-state index in [0.29, 0.717) is 25.6 Å². The second kappa shape index (κ2) is 10.9. The smallest absolute Gasteiger partial charge is 0.355 e. The van der Waals surface area contributed by atoms with Crippen LogP contribution in [0.4, 0.5) is 19.1 Å². The Morgan fingerprint density at radius 3 is 2.52 bits per heavy atom. The van der Waals surface area contributed by atoms with Crippen LogP contribution in [-0.2, 0) is 12.7 Å². The van der Waals surface area contributed by atoms with Crippen molar-refractivity contribution in [2.45, 2.75) is 19.6 Å². The molecular formula is C17H22F3IN6. The van der Waals surface area contributed by atoms with Gasteiger partial charge in [-0.2, -0.15) is 13.2 Å². The molecule has 0 spiro atoms. The molecule has 0 fully saturated rings. The van der Waals surface area contributed by atoms with E-state index in [2.05, 4.69) is 30.9 Å². The minimum absolute atomic E-state index is 0. The third kappa shape index (κ3) is 7.57. The molecular weight excluding hydrogens is 472 g/mol.